The van der Waals surface area contributed by atoms with Gasteiger partial charge in [0.1, 0.15) is 0 Å². The molecule has 21 heavy (non-hydrogen) atoms. The number of thioether (sulfide) groups is 1. The zero-order valence-electron chi connectivity index (χ0n) is 14.1. The van der Waals surface area contributed by atoms with E-state index in [-0.39, 0.29) is 5.25 Å². The molecular formula is C18H34OS2. The van der Waals surface area contributed by atoms with Crippen LogP contribution in [0, 0.1) is 0 Å². The third-order valence-electron chi connectivity index (χ3n) is 3.76. The Morgan fingerprint density at radius 3 is 1.95 bits per heavy atom. The summed E-state index contributed by atoms with van der Waals surface area (Å²) in [6.07, 6.45) is 16.0. The van der Waals surface area contributed by atoms with E-state index >= 15 is 0 Å². The minimum absolute atomic E-state index is 0.258. The number of thiocarbonyl (C=S) groups is 1. The van der Waals surface area contributed by atoms with Crippen LogP contribution >= 0.6 is 24.0 Å². The van der Waals surface area contributed by atoms with E-state index in [4.69, 9.17) is 12.2 Å². The Balaban J connectivity index is 3.46. The highest BCUT2D eigenvalue weighted by atomic mass is 32.2. The van der Waals surface area contributed by atoms with Gasteiger partial charge >= 0.3 is 0 Å². The fourth-order valence-corrected chi connectivity index (χ4v) is 3.60. The van der Waals surface area contributed by atoms with Gasteiger partial charge in [-0.05, 0) is 18.2 Å². The van der Waals surface area contributed by atoms with Crippen LogP contribution in [0.2, 0.25) is 0 Å². The van der Waals surface area contributed by atoms with Gasteiger partial charge in [-0.3, -0.25) is 4.79 Å². The molecule has 1 nitrogen and oxygen atoms in total. The van der Waals surface area contributed by atoms with Gasteiger partial charge < -0.3 is 0 Å². The predicted molar refractivity (Wildman–Crippen MR) is 101 cm³/mol. The van der Waals surface area contributed by atoms with E-state index in [2.05, 4.69) is 13.8 Å². The lowest BCUT2D eigenvalue weighted by molar-refractivity contribution is -0.111. The van der Waals surface area contributed by atoms with E-state index in [9.17, 15) is 4.79 Å². The van der Waals surface area contributed by atoms with Gasteiger partial charge in [-0.1, -0.05) is 102 Å². The molecule has 0 amide bonds. The van der Waals surface area contributed by atoms with E-state index in [0.717, 1.165) is 19.3 Å². The molecule has 0 aromatic heterocycles. The van der Waals surface area contributed by atoms with Crippen molar-refractivity contribution in [3.63, 3.8) is 0 Å². The van der Waals surface area contributed by atoms with Crippen LogP contribution in [0.5, 0.6) is 0 Å². The molecule has 0 aromatic carbocycles. The van der Waals surface area contributed by atoms with Crippen molar-refractivity contribution in [1.29, 1.82) is 0 Å². The normalized spacial score (nSPS) is 12.3. The molecule has 0 aromatic rings. The first-order valence-electron chi connectivity index (χ1n) is 8.89. The first kappa shape index (κ1) is 21.1. The fraction of sp³-hybridized carbons (Fsp3) is 0.889. The maximum atomic E-state index is 11.7. The summed E-state index contributed by atoms with van der Waals surface area (Å²) in [5.41, 5.74) is 0. The van der Waals surface area contributed by atoms with Crippen molar-refractivity contribution in [2.24, 2.45) is 0 Å². The van der Waals surface area contributed by atoms with Gasteiger partial charge in [-0.2, -0.15) is 0 Å². The number of rotatable bonds is 15. The second-order valence-electron chi connectivity index (χ2n) is 5.89. The maximum Gasteiger partial charge on any atom is 0.189 e. The Kier molecular flexibility index (Phi) is 16.6. The summed E-state index contributed by atoms with van der Waals surface area (Å²) in [6, 6.07) is 0. The summed E-state index contributed by atoms with van der Waals surface area (Å²) in [7, 11) is 0. The molecular weight excluding hydrogens is 296 g/mol. The predicted octanol–water partition coefficient (Wildman–Crippen LogP) is 6.73. The molecule has 1 atom stereocenters. The van der Waals surface area contributed by atoms with Gasteiger partial charge in [-0.15, -0.1) is 0 Å². The summed E-state index contributed by atoms with van der Waals surface area (Å²) < 4.78 is 0. The molecule has 1 unspecified atom stereocenters. The Morgan fingerprint density at radius 2 is 1.43 bits per heavy atom. The van der Waals surface area contributed by atoms with Crippen molar-refractivity contribution >= 4 is 34.5 Å². The lowest BCUT2D eigenvalue weighted by Gasteiger charge is -2.10. The van der Waals surface area contributed by atoms with Gasteiger partial charge in [-0.25, -0.2) is 0 Å². The molecule has 124 valence electrons. The van der Waals surface area contributed by atoms with Gasteiger partial charge in [0.05, 0.1) is 0 Å². The van der Waals surface area contributed by atoms with Crippen molar-refractivity contribution in [3.8, 4) is 0 Å². The van der Waals surface area contributed by atoms with Crippen molar-refractivity contribution in [2.75, 3.05) is 0 Å². The number of hydrogen-bond acceptors (Lipinski definition) is 3. The van der Waals surface area contributed by atoms with Crippen molar-refractivity contribution in [3.05, 3.63) is 0 Å². The molecule has 3 heteroatoms. The van der Waals surface area contributed by atoms with Crippen LogP contribution in [0.4, 0.5) is 0 Å². The van der Waals surface area contributed by atoms with Crippen molar-refractivity contribution in [2.45, 2.75) is 103 Å². The van der Waals surface area contributed by atoms with E-state index in [0.29, 0.717) is 11.5 Å². The average molecular weight is 331 g/mol. The van der Waals surface area contributed by atoms with Gasteiger partial charge in [0, 0.05) is 11.7 Å². The van der Waals surface area contributed by atoms with E-state index in [1.54, 1.807) is 5.37 Å². The van der Waals surface area contributed by atoms with Crippen LogP contribution in [0.3, 0.4) is 0 Å². The lowest BCUT2D eigenvalue weighted by Crippen LogP contribution is -2.07. The maximum absolute atomic E-state index is 11.7. The molecule has 0 saturated heterocycles. The zero-order chi connectivity index (χ0) is 15.8. The third-order valence-corrected chi connectivity index (χ3v) is 5.40. The summed E-state index contributed by atoms with van der Waals surface area (Å²) in [5, 5.41) is 2.37. The molecule has 0 N–H and O–H groups in total. The molecule has 0 saturated carbocycles. The van der Waals surface area contributed by atoms with Gasteiger partial charge in [0.15, 0.2) is 5.12 Å². The fourth-order valence-electron chi connectivity index (χ4n) is 2.36. The second kappa shape index (κ2) is 16.5. The van der Waals surface area contributed by atoms with E-state index in [1.165, 1.54) is 69.5 Å². The number of unbranched alkanes of at least 4 members (excludes halogenated alkanes) is 9. The van der Waals surface area contributed by atoms with Gasteiger partial charge in [0.25, 0.3) is 0 Å². The molecule has 0 aliphatic carbocycles. The lowest BCUT2D eigenvalue weighted by atomic mass is 10.1. The molecule has 0 heterocycles. The minimum atomic E-state index is 0.258. The smallest absolute Gasteiger partial charge is 0.189 e. The summed E-state index contributed by atoms with van der Waals surface area (Å²) in [5.74, 6) is 0. The van der Waals surface area contributed by atoms with Crippen molar-refractivity contribution < 1.29 is 4.79 Å². The number of hydrogen-bond donors (Lipinski definition) is 0. The largest absolute Gasteiger partial charge is 0.287 e. The Bertz CT molecular complexity index is 254. The van der Waals surface area contributed by atoms with E-state index < -0.39 is 0 Å². The summed E-state index contributed by atoms with van der Waals surface area (Å²) in [4.78, 5) is 11.7. The van der Waals surface area contributed by atoms with E-state index in [1.807, 2.05) is 0 Å². The highest BCUT2D eigenvalue weighted by molar-refractivity contribution is 8.15. The second-order valence-corrected chi connectivity index (χ2v) is 7.45. The van der Waals surface area contributed by atoms with Crippen LogP contribution in [-0.2, 0) is 4.79 Å². The molecule has 0 radical (unpaired) electrons. The molecule has 0 aliphatic rings. The Morgan fingerprint density at radius 1 is 0.905 bits per heavy atom. The Labute approximate surface area is 142 Å². The number of carbonyl (C=O) groups excluding carboxylic acids is 1. The zero-order valence-corrected chi connectivity index (χ0v) is 15.7. The molecule has 0 aliphatic heterocycles. The summed E-state index contributed by atoms with van der Waals surface area (Å²) >= 11 is 6.53. The van der Waals surface area contributed by atoms with Crippen LogP contribution < -0.4 is 0 Å². The molecule has 0 spiro atoms. The average Bonchev–Trinajstić information content (AvgIpc) is 2.50. The first-order valence-corrected chi connectivity index (χ1v) is 10.2. The SMILES string of the molecule is CCCCCCCCCCCC(C=S)SC(=O)CCCC. The van der Waals surface area contributed by atoms with Crippen LogP contribution in [0.15, 0.2) is 0 Å². The van der Waals surface area contributed by atoms with Crippen LogP contribution in [-0.4, -0.2) is 15.7 Å². The van der Waals surface area contributed by atoms with Crippen LogP contribution in [0.1, 0.15) is 97.3 Å². The van der Waals surface area contributed by atoms with Gasteiger partial charge in [0.2, 0.25) is 0 Å². The summed E-state index contributed by atoms with van der Waals surface area (Å²) in [6.45, 7) is 4.38. The topological polar surface area (TPSA) is 17.1 Å². The quantitative estimate of drug-likeness (QED) is 0.245. The molecule has 0 fully saturated rings. The molecule has 0 rings (SSSR count). The van der Waals surface area contributed by atoms with Crippen molar-refractivity contribution in [1.82, 2.24) is 0 Å². The monoisotopic (exact) mass is 330 g/mol. The third kappa shape index (κ3) is 14.8. The minimum Gasteiger partial charge on any atom is -0.287 e. The highest BCUT2D eigenvalue weighted by Crippen LogP contribution is 2.20. The highest BCUT2D eigenvalue weighted by Gasteiger charge is 2.11. The van der Waals surface area contributed by atoms with Crippen LogP contribution in [0.25, 0.3) is 0 Å². The Hall–Kier alpha value is 0.110. The standard InChI is InChI=1S/C18H34OS2/c1-3-5-7-8-9-10-11-12-13-14-17(16-20)21-18(19)15-6-4-2/h16-17H,3-15H2,1-2H3. The molecule has 0 bridgehead atoms. The number of carbonyl (C=O) groups is 1. The first-order chi connectivity index (χ1) is 10.2.